The zero-order chi connectivity index (χ0) is 39.0. The minimum atomic E-state index is -2.49. The van der Waals surface area contributed by atoms with Crippen molar-refractivity contribution in [2.24, 2.45) is 0 Å². The molecule has 2 aliphatic heterocycles. The van der Waals surface area contributed by atoms with Crippen molar-refractivity contribution in [2.45, 2.75) is 54.8 Å². The second kappa shape index (κ2) is 17.9. The van der Waals surface area contributed by atoms with Crippen LogP contribution in [-0.2, 0) is 33.3 Å². The Labute approximate surface area is 302 Å². The second-order valence-electron chi connectivity index (χ2n) is 11.7. The lowest BCUT2D eigenvalue weighted by atomic mass is 9.99. The summed E-state index contributed by atoms with van der Waals surface area (Å²) >= 11 is 0. The summed E-state index contributed by atoms with van der Waals surface area (Å²) in [6.45, 7) is -2.47. The number of hydrogen-bond donors (Lipinski definition) is 8. The van der Waals surface area contributed by atoms with Crippen LogP contribution in [0.3, 0.4) is 0 Å². The number of aliphatic hydroxyl groups is 6. The fourth-order valence-corrected chi connectivity index (χ4v) is 5.38. The third-order valence-electron chi connectivity index (χ3n) is 8.32. The summed E-state index contributed by atoms with van der Waals surface area (Å²) in [5.74, 6) is -4.51. The predicted octanol–water partition coefficient (Wildman–Crippen LogP) is -1.42. The Bertz CT molecular complexity index is 1590. The summed E-state index contributed by atoms with van der Waals surface area (Å²) in [4.78, 5) is 24.9. The van der Waals surface area contributed by atoms with Crippen molar-refractivity contribution in [1.82, 2.24) is 0 Å². The van der Waals surface area contributed by atoms with Crippen LogP contribution in [0, 0.1) is 0 Å². The molecule has 19 nitrogen and oxygen atoms in total. The van der Waals surface area contributed by atoms with E-state index in [0.29, 0.717) is 11.1 Å². The number of carbonyl (C=O) groups is 2. The Kier molecular flexibility index (Phi) is 13.9. The molecule has 2 saturated heterocycles. The van der Waals surface area contributed by atoms with E-state index in [1.807, 2.05) is 0 Å². The molecule has 2 heterocycles. The zero-order valence-electron chi connectivity index (χ0n) is 28.9. The van der Waals surface area contributed by atoms with Gasteiger partial charge in [-0.05, 0) is 47.5 Å². The SMILES string of the molecule is COc1cc(/C=C/C(=O)OC[C@H]2O[C@@](CO)(O[C@H]3O[C@H](COC(=O)/C=C/c4cc(OC)c(O)c(OC)c4)[C@@H](O)[C@H](O)[C@H]3O)[C@@H](O)[C@@H]2O)cc(OC)c1O. The van der Waals surface area contributed by atoms with E-state index in [0.717, 1.165) is 12.2 Å². The van der Waals surface area contributed by atoms with Gasteiger partial charge in [0, 0.05) is 12.2 Å². The molecule has 0 unspecified atom stereocenters. The number of aliphatic hydroxyl groups excluding tert-OH is 6. The van der Waals surface area contributed by atoms with Gasteiger partial charge in [-0.25, -0.2) is 9.59 Å². The van der Waals surface area contributed by atoms with Gasteiger partial charge in [0.15, 0.2) is 29.3 Å². The molecule has 53 heavy (non-hydrogen) atoms. The van der Waals surface area contributed by atoms with Crippen molar-refractivity contribution in [1.29, 1.82) is 0 Å². The number of aromatic hydroxyl groups is 2. The van der Waals surface area contributed by atoms with E-state index in [-0.39, 0.29) is 34.5 Å². The lowest BCUT2D eigenvalue weighted by molar-refractivity contribution is -0.383. The minimum Gasteiger partial charge on any atom is -0.502 e. The predicted molar refractivity (Wildman–Crippen MR) is 177 cm³/mol. The van der Waals surface area contributed by atoms with Gasteiger partial charge < -0.3 is 83.5 Å². The number of rotatable bonds is 15. The van der Waals surface area contributed by atoms with Gasteiger partial charge >= 0.3 is 11.9 Å². The highest BCUT2D eigenvalue weighted by molar-refractivity contribution is 5.88. The molecule has 0 spiro atoms. The second-order valence-corrected chi connectivity index (χ2v) is 11.7. The third-order valence-corrected chi connectivity index (χ3v) is 8.32. The first-order chi connectivity index (χ1) is 25.2. The van der Waals surface area contributed by atoms with E-state index < -0.39 is 86.6 Å². The number of carbonyl (C=O) groups excluding carboxylic acids is 2. The smallest absolute Gasteiger partial charge is 0.330 e. The van der Waals surface area contributed by atoms with Gasteiger partial charge in [0.1, 0.15) is 62.5 Å². The van der Waals surface area contributed by atoms with Crippen LogP contribution in [0.15, 0.2) is 36.4 Å². The zero-order valence-corrected chi connectivity index (χ0v) is 28.9. The first-order valence-electron chi connectivity index (χ1n) is 15.8. The van der Waals surface area contributed by atoms with Crippen LogP contribution in [0.2, 0.25) is 0 Å². The number of ether oxygens (including phenoxy) is 9. The quantitative estimate of drug-likeness (QED) is 0.0765. The van der Waals surface area contributed by atoms with E-state index in [2.05, 4.69) is 0 Å². The lowest BCUT2D eigenvalue weighted by Crippen LogP contribution is -2.62. The van der Waals surface area contributed by atoms with E-state index in [9.17, 15) is 50.4 Å². The monoisotopic (exact) mass is 754 g/mol. The number of methoxy groups -OCH3 is 4. The molecule has 0 saturated carbocycles. The van der Waals surface area contributed by atoms with E-state index in [1.165, 1.54) is 64.9 Å². The fourth-order valence-electron chi connectivity index (χ4n) is 5.38. The first kappa shape index (κ1) is 41.1. The number of phenolic OH excluding ortho intramolecular Hbond substituents is 2. The topological polar surface area (TPSA) is 279 Å². The lowest BCUT2D eigenvalue weighted by Gasteiger charge is -2.43. The number of esters is 2. The van der Waals surface area contributed by atoms with Crippen molar-refractivity contribution in [2.75, 3.05) is 48.3 Å². The molecule has 2 fully saturated rings. The van der Waals surface area contributed by atoms with Gasteiger partial charge in [-0.2, -0.15) is 0 Å². The molecule has 2 aromatic carbocycles. The number of benzene rings is 2. The van der Waals surface area contributed by atoms with Crippen LogP contribution in [0.25, 0.3) is 12.2 Å². The maximum atomic E-state index is 12.5. The van der Waals surface area contributed by atoms with Gasteiger partial charge in [0.25, 0.3) is 0 Å². The molecule has 0 radical (unpaired) electrons. The van der Waals surface area contributed by atoms with Crippen molar-refractivity contribution in [3.05, 3.63) is 47.5 Å². The van der Waals surface area contributed by atoms with Crippen molar-refractivity contribution in [3.8, 4) is 34.5 Å². The number of hydrogen-bond acceptors (Lipinski definition) is 19. The van der Waals surface area contributed by atoms with Crippen LogP contribution in [0.4, 0.5) is 0 Å². The summed E-state index contributed by atoms with van der Waals surface area (Å²) < 4.78 is 47.2. The Hall–Kier alpha value is -4.70. The molecule has 19 heteroatoms. The summed E-state index contributed by atoms with van der Waals surface area (Å²) in [5, 5.41) is 83.4. The van der Waals surface area contributed by atoms with Crippen LogP contribution in [-0.4, -0.2) is 156 Å². The Balaban J connectivity index is 1.37. The average molecular weight is 755 g/mol. The van der Waals surface area contributed by atoms with E-state index in [1.54, 1.807) is 0 Å². The minimum absolute atomic E-state index is 0.0778. The van der Waals surface area contributed by atoms with Gasteiger partial charge in [-0.3, -0.25) is 0 Å². The highest BCUT2D eigenvalue weighted by atomic mass is 16.8. The van der Waals surface area contributed by atoms with Crippen LogP contribution in [0.5, 0.6) is 34.5 Å². The molecule has 292 valence electrons. The molecule has 0 bridgehead atoms. The highest BCUT2D eigenvalue weighted by Gasteiger charge is 2.58. The molecule has 8 N–H and O–H groups in total. The molecule has 0 amide bonds. The standard InChI is InChI=1S/C34H42O19/c1-45-18-9-16(10-19(46-2)26(18)38)5-7-24(36)49-13-22-28(40)30(42)31(43)33(51-22)53-34(15-35)32(44)29(41)23(52-34)14-50-25(37)8-6-17-11-20(47-3)27(39)21(12-17)48-4/h5-12,22-23,28-33,35,38-44H,13-15H2,1-4H3/b7-5+,8-6+/t22-,23-,28-,29-,30+,31-,32+,33-,34+/m1/s1. The third kappa shape index (κ3) is 9.27. The van der Waals surface area contributed by atoms with Gasteiger partial charge in [0.05, 0.1) is 28.4 Å². The molecule has 2 aliphatic rings. The van der Waals surface area contributed by atoms with Crippen molar-refractivity contribution >= 4 is 24.1 Å². The fraction of sp³-hybridized carbons (Fsp3) is 0.471. The van der Waals surface area contributed by atoms with Crippen LogP contribution >= 0.6 is 0 Å². The average Bonchev–Trinajstić information content (AvgIpc) is 3.40. The maximum Gasteiger partial charge on any atom is 0.330 e. The largest absolute Gasteiger partial charge is 0.502 e. The number of phenols is 2. The molecular weight excluding hydrogens is 712 g/mol. The molecular formula is C34H42O19. The first-order valence-corrected chi connectivity index (χ1v) is 15.8. The molecule has 9 atom stereocenters. The molecule has 4 rings (SSSR count). The Morgan fingerprint density at radius 1 is 0.679 bits per heavy atom. The maximum absolute atomic E-state index is 12.5. The normalized spacial score (nSPS) is 28.6. The summed E-state index contributed by atoms with van der Waals surface area (Å²) in [7, 11) is 5.30. The van der Waals surface area contributed by atoms with E-state index in [4.69, 9.17) is 42.6 Å². The summed E-state index contributed by atoms with van der Waals surface area (Å²) in [6.07, 6.45) is -9.81. The Morgan fingerprint density at radius 3 is 1.53 bits per heavy atom. The molecule has 0 aromatic heterocycles. The van der Waals surface area contributed by atoms with Crippen molar-refractivity contribution in [3.63, 3.8) is 0 Å². The molecule has 2 aromatic rings. The van der Waals surface area contributed by atoms with Gasteiger partial charge in [-0.15, -0.1) is 0 Å². The summed E-state index contributed by atoms with van der Waals surface area (Å²) in [5.41, 5.74) is 0.787. The highest BCUT2D eigenvalue weighted by Crippen LogP contribution is 2.39. The van der Waals surface area contributed by atoms with Crippen LogP contribution in [0.1, 0.15) is 11.1 Å². The van der Waals surface area contributed by atoms with Gasteiger partial charge in [0.2, 0.25) is 17.3 Å². The van der Waals surface area contributed by atoms with Crippen molar-refractivity contribution < 1.29 is 93.1 Å². The van der Waals surface area contributed by atoms with Crippen LogP contribution < -0.4 is 18.9 Å². The molecule has 0 aliphatic carbocycles. The Morgan fingerprint density at radius 2 is 1.11 bits per heavy atom. The van der Waals surface area contributed by atoms with Gasteiger partial charge in [-0.1, -0.05) is 0 Å². The summed E-state index contributed by atoms with van der Waals surface area (Å²) in [6, 6.07) is 5.69. The van der Waals surface area contributed by atoms with E-state index >= 15 is 0 Å².